The van der Waals surface area contributed by atoms with E-state index in [2.05, 4.69) is 4.18 Å². The molecule has 0 saturated carbocycles. The molecule has 0 spiro atoms. The fourth-order valence-electron chi connectivity index (χ4n) is 1.24. The molecule has 0 N–H and O–H groups in total. The first kappa shape index (κ1) is 16.9. The third-order valence-corrected chi connectivity index (χ3v) is 4.81. The highest BCUT2D eigenvalue weighted by Crippen LogP contribution is 2.32. The van der Waals surface area contributed by atoms with Crippen molar-refractivity contribution < 1.29 is 25.8 Å². The number of benzene rings is 1. The SMILES string of the molecule is C/C(=C(/OS(=O)(=O)C(F)(F)F)c1ccccc1)[S+](C)C. The Balaban J connectivity index is 3.34. The summed E-state index contributed by atoms with van der Waals surface area (Å²) < 4.78 is 64.0. The zero-order valence-corrected chi connectivity index (χ0v) is 12.7. The minimum Gasteiger partial charge on any atom is -0.370 e. The van der Waals surface area contributed by atoms with E-state index in [4.69, 9.17) is 0 Å². The molecule has 0 aliphatic heterocycles. The number of hydrogen-bond acceptors (Lipinski definition) is 3. The molecule has 112 valence electrons. The van der Waals surface area contributed by atoms with E-state index >= 15 is 0 Å². The van der Waals surface area contributed by atoms with Crippen LogP contribution >= 0.6 is 0 Å². The number of allylic oxidation sites excluding steroid dienone is 1. The van der Waals surface area contributed by atoms with Crippen LogP contribution in [0, 0.1) is 0 Å². The summed E-state index contributed by atoms with van der Waals surface area (Å²) in [5, 5.41) is 0. The van der Waals surface area contributed by atoms with Crippen LogP contribution in [0.4, 0.5) is 13.2 Å². The highest BCUT2D eigenvalue weighted by Gasteiger charge is 2.49. The molecule has 0 heterocycles. The van der Waals surface area contributed by atoms with E-state index in [0.717, 1.165) is 0 Å². The molecule has 0 bridgehead atoms. The highest BCUT2D eigenvalue weighted by atomic mass is 32.2. The Morgan fingerprint density at radius 1 is 1.15 bits per heavy atom. The molecular formula is C12H14F3O3S2+. The van der Waals surface area contributed by atoms with Crippen molar-refractivity contribution in [2.24, 2.45) is 0 Å². The number of alkyl halides is 3. The summed E-state index contributed by atoms with van der Waals surface area (Å²) in [5.41, 5.74) is -5.16. The average molecular weight is 327 g/mol. The van der Waals surface area contributed by atoms with Gasteiger partial charge in [0.2, 0.25) is 0 Å². The lowest BCUT2D eigenvalue weighted by Gasteiger charge is -2.13. The zero-order valence-electron chi connectivity index (χ0n) is 11.1. The van der Waals surface area contributed by atoms with Crippen LogP contribution in [0.2, 0.25) is 0 Å². The smallest absolute Gasteiger partial charge is 0.370 e. The van der Waals surface area contributed by atoms with Gasteiger partial charge in [-0.2, -0.15) is 21.6 Å². The molecule has 1 rings (SSSR count). The monoisotopic (exact) mass is 327 g/mol. The molecule has 0 atom stereocenters. The van der Waals surface area contributed by atoms with Crippen LogP contribution in [-0.4, -0.2) is 26.4 Å². The Hall–Kier alpha value is -1.15. The van der Waals surface area contributed by atoms with E-state index < -0.39 is 26.5 Å². The van der Waals surface area contributed by atoms with Crippen LogP contribution in [0.5, 0.6) is 0 Å². The first-order valence-corrected chi connectivity index (χ1v) is 8.86. The summed E-state index contributed by atoms with van der Waals surface area (Å²) in [4.78, 5) is 0.448. The van der Waals surface area contributed by atoms with Gasteiger partial charge in [-0.05, 0) is 0 Å². The minimum absolute atomic E-state index is 0.267. The average Bonchev–Trinajstić information content (AvgIpc) is 2.34. The van der Waals surface area contributed by atoms with E-state index in [1.165, 1.54) is 12.1 Å². The lowest BCUT2D eigenvalue weighted by molar-refractivity contribution is -0.0509. The summed E-state index contributed by atoms with van der Waals surface area (Å²) in [6.07, 6.45) is 3.53. The van der Waals surface area contributed by atoms with Gasteiger partial charge in [0.25, 0.3) is 0 Å². The van der Waals surface area contributed by atoms with Crippen molar-refractivity contribution in [3.8, 4) is 0 Å². The van der Waals surface area contributed by atoms with Gasteiger partial charge in [0.15, 0.2) is 10.7 Å². The maximum absolute atomic E-state index is 12.4. The van der Waals surface area contributed by atoms with Crippen molar-refractivity contribution in [3.05, 3.63) is 40.8 Å². The van der Waals surface area contributed by atoms with Gasteiger partial charge in [-0.25, -0.2) is 0 Å². The summed E-state index contributed by atoms with van der Waals surface area (Å²) in [6.45, 7) is 1.55. The summed E-state index contributed by atoms with van der Waals surface area (Å²) in [5.74, 6) is -0.267. The summed E-state index contributed by atoms with van der Waals surface area (Å²) in [7, 11) is -6.11. The zero-order chi connectivity index (χ0) is 15.6. The first-order chi connectivity index (χ1) is 9.06. The normalized spacial score (nSPS) is 14.2. The van der Waals surface area contributed by atoms with Crippen LogP contribution in [0.25, 0.3) is 5.76 Å². The third kappa shape index (κ3) is 3.92. The first-order valence-electron chi connectivity index (χ1n) is 5.41. The molecular weight excluding hydrogens is 313 g/mol. The van der Waals surface area contributed by atoms with E-state index in [1.54, 1.807) is 37.6 Å². The highest BCUT2D eigenvalue weighted by molar-refractivity contribution is 7.99. The molecule has 0 fully saturated rings. The van der Waals surface area contributed by atoms with Crippen molar-refractivity contribution in [1.29, 1.82) is 0 Å². The lowest BCUT2D eigenvalue weighted by Crippen LogP contribution is -2.25. The maximum atomic E-state index is 12.4. The Morgan fingerprint density at radius 3 is 2.05 bits per heavy atom. The van der Waals surface area contributed by atoms with Gasteiger partial charge in [0.05, 0.1) is 0 Å². The van der Waals surface area contributed by atoms with Gasteiger partial charge in [0, 0.05) is 23.4 Å². The van der Waals surface area contributed by atoms with Gasteiger partial charge >= 0.3 is 15.6 Å². The molecule has 1 aromatic carbocycles. The molecule has 8 heteroatoms. The number of hydrogen-bond donors (Lipinski definition) is 0. The van der Waals surface area contributed by atoms with Crippen LogP contribution in [0.15, 0.2) is 35.2 Å². The number of rotatable bonds is 4. The van der Waals surface area contributed by atoms with Crippen LogP contribution < -0.4 is 0 Å². The quantitative estimate of drug-likeness (QED) is 0.369. The lowest BCUT2D eigenvalue weighted by atomic mass is 10.2. The van der Waals surface area contributed by atoms with Crippen LogP contribution in [-0.2, 0) is 25.2 Å². The van der Waals surface area contributed by atoms with Gasteiger partial charge in [-0.1, -0.05) is 30.3 Å². The molecule has 0 aromatic heterocycles. The topological polar surface area (TPSA) is 43.4 Å². The minimum atomic E-state index is -5.68. The second-order valence-corrected chi connectivity index (χ2v) is 7.83. The molecule has 0 aliphatic rings. The van der Waals surface area contributed by atoms with E-state index in [1.807, 2.05) is 0 Å². The second-order valence-electron chi connectivity index (χ2n) is 4.05. The summed E-state index contributed by atoms with van der Waals surface area (Å²) >= 11 is 0. The van der Waals surface area contributed by atoms with Gasteiger partial charge < -0.3 is 4.18 Å². The number of halogens is 3. The largest absolute Gasteiger partial charge is 0.534 e. The standard InChI is InChI=1S/C12H14F3O3S2/c1-9(19(2)3)11(10-7-5-4-6-8-10)18-20(16,17)12(13,14)15/h4-8H,1-3H3/q+1/b11-9-. The van der Waals surface area contributed by atoms with E-state index in [-0.39, 0.29) is 5.76 Å². The fourth-order valence-corrected chi connectivity index (χ4v) is 2.36. The van der Waals surface area contributed by atoms with Crippen molar-refractivity contribution >= 4 is 26.8 Å². The Kier molecular flexibility index (Phi) is 5.15. The molecule has 1 aromatic rings. The fraction of sp³-hybridized carbons (Fsp3) is 0.333. The molecule has 0 aliphatic carbocycles. The van der Waals surface area contributed by atoms with Gasteiger partial charge in [-0.15, -0.1) is 0 Å². The molecule has 3 nitrogen and oxygen atoms in total. The van der Waals surface area contributed by atoms with Crippen molar-refractivity contribution in [2.75, 3.05) is 12.5 Å². The van der Waals surface area contributed by atoms with Crippen LogP contribution in [0.3, 0.4) is 0 Å². The molecule has 0 amide bonds. The van der Waals surface area contributed by atoms with Crippen LogP contribution in [0.1, 0.15) is 12.5 Å². The van der Waals surface area contributed by atoms with Gasteiger partial charge in [0.1, 0.15) is 12.5 Å². The molecule has 0 radical (unpaired) electrons. The Morgan fingerprint density at radius 2 is 1.65 bits per heavy atom. The van der Waals surface area contributed by atoms with Crippen molar-refractivity contribution in [3.63, 3.8) is 0 Å². The molecule has 0 unspecified atom stereocenters. The van der Waals surface area contributed by atoms with Gasteiger partial charge in [-0.3, -0.25) is 0 Å². The molecule has 20 heavy (non-hydrogen) atoms. The van der Waals surface area contributed by atoms with E-state index in [0.29, 0.717) is 10.5 Å². The van der Waals surface area contributed by atoms with E-state index in [9.17, 15) is 21.6 Å². The predicted octanol–water partition coefficient (Wildman–Crippen LogP) is 3.12. The van der Waals surface area contributed by atoms with Crippen molar-refractivity contribution in [1.82, 2.24) is 0 Å². The third-order valence-electron chi connectivity index (χ3n) is 2.44. The molecule has 0 saturated heterocycles. The summed E-state index contributed by atoms with van der Waals surface area (Å²) in [6, 6.07) is 7.85. The Labute approximate surface area is 118 Å². The van der Waals surface area contributed by atoms with Crippen molar-refractivity contribution in [2.45, 2.75) is 12.4 Å². The maximum Gasteiger partial charge on any atom is 0.534 e. The second kappa shape index (κ2) is 6.09. The Bertz CT molecular complexity index is 590. The predicted molar refractivity (Wildman–Crippen MR) is 74.3 cm³/mol.